The van der Waals surface area contributed by atoms with Crippen LogP contribution in [0.1, 0.15) is 39.1 Å². The summed E-state index contributed by atoms with van der Waals surface area (Å²) in [4.78, 5) is 24.8. The summed E-state index contributed by atoms with van der Waals surface area (Å²) in [6.07, 6.45) is 2.05. The lowest BCUT2D eigenvalue weighted by atomic mass is 10.1. The molecule has 28 heavy (non-hydrogen) atoms. The Balaban J connectivity index is 1.36. The van der Waals surface area contributed by atoms with E-state index < -0.39 is 0 Å². The average Bonchev–Trinajstić information content (AvgIpc) is 3.42. The van der Waals surface area contributed by atoms with E-state index in [2.05, 4.69) is 10.6 Å². The Morgan fingerprint density at radius 1 is 0.964 bits per heavy atom. The molecule has 1 aliphatic carbocycles. The molecule has 142 valence electrons. The summed E-state index contributed by atoms with van der Waals surface area (Å²) in [7, 11) is 0. The predicted octanol–water partition coefficient (Wildman–Crippen LogP) is 4.47. The maximum atomic E-state index is 12.5. The number of carbonyl (C=O) groups is 2. The summed E-state index contributed by atoms with van der Waals surface area (Å²) in [5.41, 5.74) is 2.02. The van der Waals surface area contributed by atoms with E-state index in [4.69, 9.17) is 4.74 Å². The van der Waals surface area contributed by atoms with Crippen molar-refractivity contribution in [2.24, 2.45) is 0 Å². The van der Waals surface area contributed by atoms with Crippen molar-refractivity contribution in [3.63, 3.8) is 0 Å². The largest absolute Gasteiger partial charge is 0.489 e. The van der Waals surface area contributed by atoms with Gasteiger partial charge in [-0.15, -0.1) is 11.3 Å². The summed E-state index contributed by atoms with van der Waals surface area (Å²) in [6.45, 7) is 0.433. The molecule has 0 unspecified atom stereocenters. The number of hydrogen-bond donors (Lipinski definition) is 2. The second-order valence-corrected chi connectivity index (χ2v) is 7.58. The Morgan fingerprint density at radius 2 is 1.71 bits per heavy atom. The molecule has 6 heteroatoms. The zero-order valence-electron chi connectivity index (χ0n) is 15.2. The van der Waals surface area contributed by atoms with Crippen LogP contribution >= 0.6 is 11.3 Å². The van der Waals surface area contributed by atoms with Crippen molar-refractivity contribution in [3.05, 3.63) is 82.7 Å². The minimum absolute atomic E-state index is 0.132. The second kappa shape index (κ2) is 8.27. The Labute approximate surface area is 167 Å². The van der Waals surface area contributed by atoms with Gasteiger partial charge in [-0.25, -0.2) is 0 Å². The highest BCUT2D eigenvalue weighted by Crippen LogP contribution is 2.26. The Kier molecular flexibility index (Phi) is 5.39. The van der Waals surface area contributed by atoms with Crippen LogP contribution in [0, 0.1) is 0 Å². The van der Waals surface area contributed by atoms with Gasteiger partial charge in [0.15, 0.2) is 0 Å². The van der Waals surface area contributed by atoms with Gasteiger partial charge < -0.3 is 15.4 Å². The van der Waals surface area contributed by atoms with Crippen LogP contribution in [0.15, 0.2) is 66.0 Å². The number of rotatable bonds is 7. The molecule has 0 saturated heterocycles. The third-order valence-electron chi connectivity index (χ3n) is 4.41. The zero-order valence-corrected chi connectivity index (χ0v) is 16.0. The van der Waals surface area contributed by atoms with E-state index in [0.717, 1.165) is 24.2 Å². The lowest BCUT2D eigenvalue weighted by Crippen LogP contribution is -2.26. The van der Waals surface area contributed by atoms with Gasteiger partial charge in [0.1, 0.15) is 17.4 Å². The molecule has 0 spiro atoms. The van der Waals surface area contributed by atoms with Crippen LogP contribution in [0.3, 0.4) is 0 Å². The molecule has 4 rings (SSSR count). The van der Waals surface area contributed by atoms with Crippen LogP contribution in [-0.2, 0) is 6.61 Å². The summed E-state index contributed by atoms with van der Waals surface area (Å²) >= 11 is 1.34. The van der Waals surface area contributed by atoms with E-state index in [-0.39, 0.29) is 17.9 Å². The summed E-state index contributed by atoms with van der Waals surface area (Å²) < 4.78 is 5.71. The molecular weight excluding hydrogens is 372 g/mol. The van der Waals surface area contributed by atoms with Gasteiger partial charge in [0.05, 0.1) is 5.56 Å². The van der Waals surface area contributed by atoms with Crippen LogP contribution in [0.2, 0.25) is 0 Å². The highest BCUT2D eigenvalue weighted by Gasteiger charge is 2.25. The lowest BCUT2D eigenvalue weighted by Gasteiger charge is -2.09. The van der Waals surface area contributed by atoms with Gasteiger partial charge in [-0.1, -0.05) is 30.3 Å². The van der Waals surface area contributed by atoms with Crippen molar-refractivity contribution in [2.75, 3.05) is 5.32 Å². The van der Waals surface area contributed by atoms with Crippen LogP contribution in [0.5, 0.6) is 5.75 Å². The third-order valence-corrected chi connectivity index (χ3v) is 5.24. The Hall–Kier alpha value is -3.12. The molecule has 1 saturated carbocycles. The van der Waals surface area contributed by atoms with Gasteiger partial charge >= 0.3 is 0 Å². The molecule has 0 atom stereocenters. The summed E-state index contributed by atoms with van der Waals surface area (Å²) in [5.74, 6) is 0.435. The maximum Gasteiger partial charge on any atom is 0.256 e. The fourth-order valence-corrected chi connectivity index (χ4v) is 3.47. The summed E-state index contributed by atoms with van der Waals surface area (Å²) in [5, 5.41) is 8.17. The number of para-hydroxylation sites is 1. The SMILES string of the molecule is O=C(Nc1sccc1C(=O)NC1CC1)c1ccc(COc2ccccc2)cc1. The van der Waals surface area contributed by atoms with Gasteiger partial charge in [-0.3, -0.25) is 9.59 Å². The van der Waals surface area contributed by atoms with E-state index in [0.29, 0.717) is 22.7 Å². The molecule has 1 aliphatic rings. The molecule has 1 heterocycles. The quantitative estimate of drug-likeness (QED) is 0.623. The number of hydrogen-bond acceptors (Lipinski definition) is 4. The first-order valence-electron chi connectivity index (χ1n) is 9.15. The standard InChI is InChI=1S/C22H20N2O3S/c25-20(24-22-19(12-13-28-22)21(26)23-17-10-11-17)16-8-6-15(7-9-16)14-27-18-4-2-1-3-5-18/h1-9,12-13,17H,10-11,14H2,(H,23,26)(H,24,25). The number of nitrogens with one attached hydrogen (secondary N) is 2. The highest BCUT2D eigenvalue weighted by atomic mass is 32.1. The van der Waals surface area contributed by atoms with E-state index in [1.807, 2.05) is 42.5 Å². The van der Waals surface area contributed by atoms with Crippen molar-refractivity contribution in [3.8, 4) is 5.75 Å². The van der Waals surface area contributed by atoms with Gasteiger partial charge in [-0.2, -0.15) is 0 Å². The van der Waals surface area contributed by atoms with E-state index in [1.54, 1.807) is 23.6 Å². The van der Waals surface area contributed by atoms with Crippen molar-refractivity contribution < 1.29 is 14.3 Å². The average molecular weight is 392 g/mol. The number of carbonyl (C=O) groups excluding carboxylic acids is 2. The lowest BCUT2D eigenvalue weighted by molar-refractivity contribution is 0.0952. The molecule has 1 fully saturated rings. The van der Waals surface area contributed by atoms with Gasteiger partial charge in [0.2, 0.25) is 0 Å². The molecule has 0 bridgehead atoms. The molecule has 1 aromatic heterocycles. The van der Waals surface area contributed by atoms with Gasteiger partial charge in [-0.05, 0) is 54.1 Å². The van der Waals surface area contributed by atoms with Crippen LogP contribution < -0.4 is 15.4 Å². The molecular formula is C22H20N2O3S. The fraction of sp³-hybridized carbons (Fsp3) is 0.182. The van der Waals surface area contributed by atoms with Gasteiger partial charge in [0, 0.05) is 11.6 Å². The summed E-state index contributed by atoms with van der Waals surface area (Å²) in [6, 6.07) is 18.9. The molecule has 0 aliphatic heterocycles. The normalized spacial score (nSPS) is 13.0. The Morgan fingerprint density at radius 3 is 2.43 bits per heavy atom. The van der Waals surface area contributed by atoms with E-state index in [9.17, 15) is 9.59 Å². The third kappa shape index (κ3) is 4.58. The maximum absolute atomic E-state index is 12.5. The molecule has 5 nitrogen and oxygen atoms in total. The molecule has 2 amide bonds. The minimum Gasteiger partial charge on any atom is -0.489 e. The van der Waals surface area contributed by atoms with Crippen molar-refractivity contribution in [1.29, 1.82) is 0 Å². The van der Waals surface area contributed by atoms with E-state index in [1.165, 1.54) is 11.3 Å². The predicted molar refractivity (Wildman–Crippen MR) is 110 cm³/mol. The fourth-order valence-electron chi connectivity index (χ4n) is 2.69. The highest BCUT2D eigenvalue weighted by molar-refractivity contribution is 7.14. The van der Waals surface area contributed by atoms with Crippen molar-refractivity contribution in [2.45, 2.75) is 25.5 Å². The van der Waals surface area contributed by atoms with Crippen molar-refractivity contribution >= 4 is 28.2 Å². The van der Waals surface area contributed by atoms with Gasteiger partial charge in [0.25, 0.3) is 11.8 Å². The van der Waals surface area contributed by atoms with Crippen molar-refractivity contribution in [1.82, 2.24) is 5.32 Å². The monoisotopic (exact) mass is 392 g/mol. The number of amides is 2. The first kappa shape index (κ1) is 18.3. The molecule has 3 aromatic rings. The smallest absolute Gasteiger partial charge is 0.256 e. The number of thiophene rings is 1. The second-order valence-electron chi connectivity index (χ2n) is 6.66. The minimum atomic E-state index is -0.238. The molecule has 2 N–H and O–H groups in total. The number of anilines is 1. The zero-order chi connectivity index (χ0) is 19.3. The first-order chi connectivity index (χ1) is 13.7. The Bertz CT molecular complexity index is 963. The molecule has 2 aromatic carbocycles. The number of benzene rings is 2. The van der Waals surface area contributed by atoms with Crippen LogP contribution in [-0.4, -0.2) is 17.9 Å². The topological polar surface area (TPSA) is 67.4 Å². The van der Waals surface area contributed by atoms with Crippen LogP contribution in [0.25, 0.3) is 0 Å². The first-order valence-corrected chi connectivity index (χ1v) is 10.0. The van der Waals surface area contributed by atoms with Crippen LogP contribution in [0.4, 0.5) is 5.00 Å². The van der Waals surface area contributed by atoms with E-state index >= 15 is 0 Å². The number of ether oxygens (including phenoxy) is 1. The molecule has 0 radical (unpaired) electrons.